The minimum atomic E-state index is -1.30. The molecular formula is C20H15NO5. The van der Waals surface area contributed by atoms with Crippen LogP contribution in [0.5, 0.6) is 11.5 Å². The molecule has 2 N–H and O–H groups in total. The van der Waals surface area contributed by atoms with Crippen LogP contribution in [0.25, 0.3) is 0 Å². The summed E-state index contributed by atoms with van der Waals surface area (Å²) >= 11 is 0. The molecule has 0 spiro atoms. The number of carbonyl (C=O) groups is 2. The Labute approximate surface area is 149 Å². The van der Waals surface area contributed by atoms with Crippen LogP contribution in [0.2, 0.25) is 0 Å². The monoisotopic (exact) mass is 349 g/mol. The van der Waals surface area contributed by atoms with Gasteiger partial charge in [-0.05, 0) is 36.4 Å². The van der Waals surface area contributed by atoms with Gasteiger partial charge in [0.1, 0.15) is 11.3 Å². The molecule has 0 saturated carbocycles. The van der Waals surface area contributed by atoms with Crippen LogP contribution in [0.3, 0.4) is 0 Å². The Hall–Kier alpha value is -3.80. The molecule has 3 aromatic rings. The van der Waals surface area contributed by atoms with Crippen molar-refractivity contribution in [2.24, 2.45) is 0 Å². The molecule has 0 aliphatic rings. The van der Waals surface area contributed by atoms with E-state index in [4.69, 9.17) is 4.74 Å². The largest absolute Gasteiger partial charge is 0.505 e. The topological polar surface area (TPSA) is 87.1 Å². The van der Waals surface area contributed by atoms with E-state index in [1.807, 2.05) is 0 Å². The number of hydrogen-bond donors (Lipinski definition) is 2. The van der Waals surface area contributed by atoms with E-state index in [1.165, 1.54) is 18.2 Å². The van der Waals surface area contributed by atoms with Gasteiger partial charge in [-0.2, -0.15) is 0 Å². The van der Waals surface area contributed by atoms with Crippen molar-refractivity contribution in [3.05, 3.63) is 84.4 Å². The minimum Gasteiger partial charge on any atom is -0.505 e. The van der Waals surface area contributed by atoms with E-state index in [1.54, 1.807) is 60.7 Å². The van der Waals surface area contributed by atoms with Crippen LogP contribution in [0.1, 0.15) is 10.4 Å². The Kier molecular flexibility index (Phi) is 4.85. The van der Waals surface area contributed by atoms with Crippen molar-refractivity contribution in [1.29, 1.82) is 0 Å². The zero-order chi connectivity index (χ0) is 18.5. The van der Waals surface area contributed by atoms with Crippen LogP contribution in [0.4, 0.5) is 16.2 Å². The number of benzene rings is 3. The van der Waals surface area contributed by atoms with Crippen molar-refractivity contribution in [1.82, 2.24) is 0 Å². The van der Waals surface area contributed by atoms with Crippen molar-refractivity contribution in [2.75, 3.05) is 4.90 Å². The normalized spacial score (nSPS) is 10.2. The number of nitrogens with zero attached hydrogens (tertiary/aromatic N) is 1. The molecule has 0 radical (unpaired) electrons. The fourth-order valence-corrected chi connectivity index (χ4v) is 2.44. The molecule has 6 heteroatoms. The van der Waals surface area contributed by atoms with Crippen LogP contribution in [0, 0.1) is 0 Å². The lowest BCUT2D eigenvalue weighted by atomic mass is 10.1. The fraction of sp³-hybridized carbons (Fsp3) is 0. The predicted molar refractivity (Wildman–Crippen MR) is 96.1 cm³/mol. The number of ether oxygens (including phenoxy) is 1. The molecule has 0 aromatic heterocycles. The number of carboxylic acids is 1. The SMILES string of the molecule is O=C(O)c1cccc(N(C(=O)Oc2ccccc2)c2ccccc2)c1O. The molecule has 0 fully saturated rings. The summed E-state index contributed by atoms with van der Waals surface area (Å²) in [5.41, 5.74) is 0.124. The molecule has 1 amide bonds. The van der Waals surface area contributed by atoms with Gasteiger partial charge >= 0.3 is 12.1 Å². The Morgan fingerprint density at radius 2 is 1.42 bits per heavy atom. The second kappa shape index (κ2) is 7.40. The summed E-state index contributed by atoms with van der Waals surface area (Å²) in [6.07, 6.45) is -0.778. The summed E-state index contributed by atoms with van der Waals surface area (Å²) in [4.78, 5) is 25.2. The second-order valence-corrected chi connectivity index (χ2v) is 5.33. The summed E-state index contributed by atoms with van der Waals surface area (Å²) < 4.78 is 5.37. The van der Waals surface area contributed by atoms with E-state index in [-0.39, 0.29) is 11.3 Å². The molecule has 0 aliphatic heterocycles. The van der Waals surface area contributed by atoms with Gasteiger partial charge in [0.05, 0.1) is 11.4 Å². The molecule has 0 saturated heterocycles. The highest BCUT2D eigenvalue weighted by Crippen LogP contribution is 2.36. The number of amides is 1. The van der Waals surface area contributed by atoms with E-state index in [2.05, 4.69) is 0 Å². The molecule has 3 rings (SSSR count). The van der Waals surface area contributed by atoms with Gasteiger partial charge in [0, 0.05) is 0 Å². The third-order valence-electron chi connectivity index (χ3n) is 3.63. The van der Waals surface area contributed by atoms with Gasteiger partial charge in [0.2, 0.25) is 0 Å². The average molecular weight is 349 g/mol. The zero-order valence-corrected chi connectivity index (χ0v) is 13.6. The molecule has 0 heterocycles. The second-order valence-electron chi connectivity index (χ2n) is 5.33. The first-order chi connectivity index (χ1) is 12.6. The summed E-state index contributed by atoms with van der Waals surface area (Å²) in [5, 5.41) is 19.6. The number of carboxylic acid groups (broad SMARTS) is 1. The van der Waals surface area contributed by atoms with Crippen LogP contribution in [0.15, 0.2) is 78.9 Å². The number of anilines is 2. The molecule has 130 valence electrons. The van der Waals surface area contributed by atoms with E-state index in [0.717, 1.165) is 4.90 Å². The molecule has 6 nitrogen and oxygen atoms in total. The van der Waals surface area contributed by atoms with Gasteiger partial charge in [-0.25, -0.2) is 14.5 Å². The Morgan fingerprint density at radius 3 is 2.04 bits per heavy atom. The molecule has 3 aromatic carbocycles. The highest BCUT2D eigenvalue weighted by Gasteiger charge is 2.25. The van der Waals surface area contributed by atoms with Crippen molar-refractivity contribution in [2.45, 2.75) is 0 Å². The Bertz CT molecular complexity index is 925. The van der Waals surface area contributed by atoms with E-state index in [0.29, 0.717) is 11.4 Å². The summed E-state index contributed by atoms with van der Waals surface area (Å²) in [7, 11) is 0. The maximum Gasteiger partial charge on any atom is 0.424 e. The third-order valence-corrected chi connectivity index (χ3v) is 3.63. The molecular weight excluding hydrogens is 334 g/mol. The van der Waals surface area contributed by atoms with Crippen LogP contribution >= 0.6 is 0 Å². The average Bonchev–Trinajstić information content (AvgIpc) is 2.65. The molecule has 0 atom stereocenters. The number of rotatable bonds is 4. The number of hydrogen-bond acceptors (Lipinski definition) is 4. The Morgan fingerprint density at radius 1 is 0.808 bits per heavy atom. The maximum atomic E-state index is 12.8. The van der Waals surface area contributed by atoms with E-state index >= 15 is 0 Å². The molecule has 0 unspecified atom stereocenters. The first kappa shape index (κ1) is 17.0. The van der Waals surface area contributed by atoms with Crippen LogP contribution in [-0.4, -0.2) is 22.3 Å². The summed E-state index contributed by atoms with van der Waals surface area (Å²) in [6, 6.07) is 21.1. The fourth-order valence-electron chi connectivity index (χ4n) is 2.44. The smallest absolute Gasteiger partial charge is 0.424 e. The maximum absolute atomic E-state index is 12.8. The van der Waals surface area contributed by atoms with Gasteiger partial charge < -0.3 is 14.9 Å². The third kappa shape index (κ3) is 3.49. The molecule has 26 heavy (non-hydrogen) atoms. The van der Waals surface area contributed by atoms with Gasteiger partial charge in [-0.1, -0.05) is 42.5 Å². The van der Waals surface area contributed by atoms with Crippen molar-refractivity contribution >= 4 is 23.4 Å². The summed E-state index contributed by atoms with van der Waals surface area (Å²) in [5.74, 6) is -1.49. The van der Waals surface area contributed by atoms with Gasteiger partial charge in [0.15, 0.2) is 5.75 Å². The highest BCUT2D eigenvalue weighted by molar-refractivity contribution is 6.02. The summed E-state index contributed by atoms with van der Waals surface area (Å²) in [6.45, 7) is 0. The van der Waals surface area contributed by atoms with Crippen LogP contribution < -0.4 is 9.64 Å². The van der Waals surface area contributed by atoms with Crippen molar-refractivity contribution in [3.8, 4) is 11.5 Å². The lowest BCUT2D eigenvalue weighted by Gasteiger charge is -2.23. The predicted octanol–water partition coefficient (Wildman–Crippen LogP) is 4.43. The van der Waals surface area contributed by atoms with Gasteiger partial charge in [0.25, 0.3) is 0 Å². The number of aromatic hydroxyl groups is 1. The van der Waals surface area contributed by atoms with E-state index < -0.39 is 17.8 Å². The van der Waals surface area contributed by atoms with Crippen molar-refractivity contribution in [3.63, 3.8) is 0 Å². The van der Waals surface area contributed by atoms with Crippen molar-refractivity contribution < 1.29 is 24.5 Å². The first-order valence-corrected chi connectivity index (χ1v) is 7.75. The standard InChI is InChI=1S/C20H15NO5/c22-18-16(19(23)24)12-7-13-17(18)21(14-8-3-1-4-9-14)20(25)26-15-10-5-2-6-11-15/h1-13,22H,(H,23,24). The quantitative estimate of drug-likeness (QED) is 0.728. The number of para-hydroxylation sites is 3. The number of carbonyl (C=O) groups excluding carboxylic acids is 1. The lowest BCUT2D eigenvalue weighted by Crippen LogP contribution is -2.29. The first-order valence-electron chi connectivity index (χ1n) is 7.75. The zero-order valence-electron chi connectivity index (χ0n) is 13.6. The van der Waals surface area contributed by atoms with Gasteiger partial charge in [-0.15, -0.1) is 0 Å². The lowest BCUT2D eigenvalue weighted by molar-refractivity contribution is 0.0693. The van der Waals surface area contributed by atoms with Gasteiger partial charge in [-0.3, -0.25) is 0 Å². The minimum absolute atomic E-state index is 0.0111. The van der Waals surface area contributed by atoms with E-state index in [9.17, 15) is 19.8 Å². The molecule has 0 bridgehead atoms. The molecule has 0 aliphatic carbocycles. The van der Waals surface area contributed by atoms with Crippen LogP contribution in [-0.2, 0) is 0 Å². The Balaban J connectivity index is 2.07. The number of phenols is 1. The highest BCUT2D eigenvalue weighted by atomic mass is 16.6. The number of aromatic carboxylic acids is 1.